The first-order chi connectivity index (χ1) is 5.38. The predicted octanol–water partition coefficient (Wildman–Crippen LogP) is 0.938. The first kappa shape index (κ1) is 8.63. The number of benzene rings is 1. The molecule has 0 amide bonds. The first-order valence-electron chi connectivity index (χ1n) is 3.32. The lowest BCUT2D eigenvalue weighted by atomic mass is 10.2. The molecule has 1 aromatic rings. The molecular formula is C7H9N3O2. The highest BCUT2D eigenvalue weighted by molar-refractivity contribution is 5.51. The van der Waals surface area contributed by atoms with Gasteiger partial charge in [-0.2, -0.15) is 5.11 Å². The van der Waals surface area contributed by atoms with Gasteiger partial charge in [-0.1, -0.05) is 18.2 Å². The van der Waals surface area contributed by atoms with Crippen molar-refractivity contribution in [2.75, 3.05) is 5.17 Å². The van der Waals surface area contributed by atoms with E-state index in [9.17, 15) is 0 Å². The van der Waals surface area contributed by atoms with Gasteiger partial charge >= 0.3 is 0 Å². The SMILES string of the molecule is O.ON1N=NCc2ccccc21. The van der Waals surface area contributed by atoms with Crippen LogP contribution in [0, 0.1) is 0 Å². The third-order valence-electron chi connectivity index (χ3n) is 1.60. The summed E-state index contributed by atoms with van der Waals surface area (Å²) in [4.78, 5) is 0. The van der Waals surface area contributed by atoms with Crippen LogP contribution < -0.4 is 5.17 Å². The molecule has 2 rings (SSSR count). The molecule has 0 unspecified atom stereocenters. The van der Waals surface area contributed by atoms with Gasteiger partial charge in [-0.3, -0.25) is 5.21 Å². The second-order valence-corrected chi connectivity index (χ2v) is 2.31. The van der Waals surface area contributed by atoms with Crippen molar-refractivity contribution in [3.63, 3.8) is 0 Å². The van der Waals surface area contributed by atoms with E-state index >= 15 is 0 Å². The van der Waals surface area contributed by atoms with Crippen molar-refractivity contribution < 1.29 is 10.7 Å². The molecule has 0 aromatic heterocycles. The summed E-state index contributed by atoms with van der Waals surface area (Å²) < 4.78 is 0. The second-order valence-electron chi connectivity index (χ2n) is 2.31. The van der Waals surface area contributed by atoms with E-state index in [-0.39, 0.29) is 5.48 Å². The fourth-order valence-electron chi connectivity index (χ4n) is 1.06. The lowest BCUT2D eigenvalue weighted by molar-refractivity contribution is 0.244. The maximum atomic E-state index is 9.13. The Balaban J connectivity index is 0.000000720. The minimum atomic E-state index is 0. The Kier molecular flexibility index (Phi) is 2.37. The molecule has 0 atom stereocenters. The largest absolute Gasteiger partial charge is 0.412 e. The van der Waals surface area contributed by atoms with Crippen LogP contribution in [0.5, 0.6) is 0 Å². The highest BCUT2D eigenvalue weighted by Crippen LogP contribution is 2.23. The van der Waals surface area contributed by atoms with Crippen LogP contribution in [0.15, 0.2) is 34.6 Å². The molecule has 0 spiro atoms. The van der Waals surface area contributed by atoms with Crippen molar-refractivity contribution in [1.82, 2.24) is 0 Å². The van der Waals surface area contributed by atoms with Crippen molar-refractivity contribution in [1.29, 1.82) is 0 Å². The molecule has 0 fully saturated rings. The Morgan fingerprint density at radius 3 is 2.83 bits per heavy atom. The standard InChI is InChI=1S/C7H7N3O.H2O/c11-10-7-4-2-1-3-6(7)5-8-9-10;/h1-4,11H,5H2;1H2. The zero-order valence-corrected chi connectivity index (χ0v) is 6.31. The lowest BCUT2D eigenvalue weighted by Gasteiger charge is -2.15. The van der Waals surface area contributed by atoms with Gasteiger partial charge < -0.3 is 5.48 Å². The summed E-state index contributed by atoms with van der Waals surface area (Å²) in [6.45, 7) is 0.549. The van der Waals surface area contributed by atoms with Crippen molar-refractivity contribution >= 4 is 5.69 Å². The summed E-state index contributed by atoms with van der Waals surface area (Å²) in [5.74, 6) is 0. The van der Waals surface area contributed by atoms with Crippen molar-refractivity contribution in [2.45, 2.75) is 6.54 Å². The number of hydrogen-bond acceptors (Lipinski definition) is 4. The highest BCUT2D eigenvalue weighted by Gasteiger charge is 2.10. The number of fused-ring (bicyclic) bond motifs is 1. The van der Waals surface area contributed by atoms with Gasteiger partial charge in [0.1, 0.15) is 0 Å². The van der Waals surface area contributed by atoms with E-state index in [1.807, 2.05) is 18.2 Å². The average molecular weight is 167 g/mol. The maximum Gasteiger partial charge on any atom is 0.0968 e. The van der Waals surface area contributed by atoms with Crippen LogP contribution in [0.3, 0.4) is 0 Å². The molecule has 0 saturated carbocycles. The Morgan fingerprint density at radius 1 is 1.33 bits per heavy atom. The van der Waals surface area contributed by atoms with Crippen molar-refractivity contribution in [3.05, 3.63) is 29.8 Å². The molecule has 5 heteroatoms. The second kappa shape index (κ2) is 3.29. The average Bonchev–Trinajstić information content (AvgIpc) is 2.06. The number of hydrogen-bond donors (Lipinski definition) is 1. The molecule has 1 aromatic carbocycles. The van der Waals surface area contributed by atoms with Crippen LogP contribution in [0.1, 0.15) is 5.56 Å². The zero-order chi connectivity index (χ0) is 7.68. The van der Waals surface area contributed by atoms with E-state index in [1.54, 1.807) is 6.07 Å². The third kappa shape index (κ3) is 1.27. The zero-order valence-electron chi connectivity index (χ0n) is 6.31. The van der Waals surface area contributed by atoms with Crippen LogP contribution in [-0.2, 0) is 6.54 Å². The van der Waals surface area contributed by atoms with Gasteiger partial charge in [0.25, 0.3) is 0 Å². The summed E-state index contributed by atoms with van der Waals surface area (Å²) in [7, 11) is 0. The molecule has 1 aliphatic heterocycles. The summed E-state index contributed by atoms with van der Waals surface area (Å²) in [5.41, 5.74) is 1.70. The van der Waals surface area contributed by atoms with Crippen LogP contribution in [-0.4, -0.2) is 10.7 Å². The summed E-state index contributed by atoms with van der Waals surface area (Å²) in [5, 5.41) is 17.1. The monoisotopic (exact) mass is 167 g/mol. The summed E-state index contributed by atoms with van der Waals surface area (Å²) in [6.07, 6.45) is 0. The smallest absolute Gasteiger partial charge is 0.0968 e. The molecule has 1 heterocycles. The Morgan fingerprint density at radius 2 is 2.08 bits per heavy atom. The van der Waals surface area contributed by atoms with Gasteiger partial charge in [0, 0.05) is 5.56 Å². The molecule has 0 bridgehead atoms. The van der Waals surface area contributed by atoms with Crippen LogP contribution in [0.2, 0.25) is 0 Å². The molecule has 5 nitrogen and oxygen atoms in total. The van der Waals surface area contributed by atoms with Gasteiger partial charge in [-0.05, 0) is 11.3 Å². The van der Waals surface area contributed by atoms with E-state index in [0.29, 0.717) is 12.2 Å². The first-order valence-corrected chi connectivity index (χ1v) is 3.32. The topological polar surface area (TPSA) is 79.7 Å². The third-order valence-corrected chi connectivity index (χ3v) is 1.60. The van der Waals surface area contributed by atoms with Crippen LogP contribution in [0.25, 0.3) is 0 Å². The predicted molar refractivity (Wildman–Crippen MR) is 42.9 cm³/mol. The van der Waals surface area contributed by atoms with E-state index in [4.69, 9.17) is 5.21 Å². The molecule has 0 aliphatic carbocycles. The van der Waals surface area contributed by atoms with Crippen LogP contribution in [0.4, 0.5) is 5.69 Å². The van der Waals surface area contributed by atoms with E-state index in [0.717, 1.165) is 10.7 Å². The normalized spacial score (nSPS) is 13.6. The molecule has 3 N–H and O–H groups in total. The van der Waals surface area contributed by atoms with E-state index in [1.165, 1.54) is 0 Å². The van der Waals surface area contributed by atoms with Crippen molar-refractivity contribution in [2.24, 2.45) is 10.3 Å². The van der Waals surface area contributed by atoms with Gasteiger partial charge in [0.2, 0.25) is 0 Å². The van der Waals surface area contributed by atoms with Gasteiger partial charge in [-0.25, -0.2) is 0 Å². The molecule has 0 saturated heterocycles. The Hall–Kier alpha value is -1.46. The fraction of sp³-hybridized carbons (Fsp3) is 0.143. The number of anilines is 1. The maximum absolute atomic E-state index is 9.13. The van der Waals surface area contributed by atoms with Gasteiger partial charge in [0.05, 0.1) is 12.2 Å². The Labute approximate surface area is 69.2 Å². The summed E-state index contributed by atoms with van der Waals surface area (Å²) >= 11 is 0. The molecule has 12 heavy (non-hydrogen) atoms. The van der Waals surface area contributed by atoms with Gasteiger partial charge in [0.15, 0.2) is 0 Å². The van der Waals surface area contributed by atoms with E-state index in [2.05, 4.69) is 10.3 Å². The minimum absolute atomic E-state index is 0. The quantitative estimate of drug-likeness (QED) is 0.623. The van der Waals surface area contributed by atoms with Crippen molar-refractivity contribution in [3.8, 4) is 0 Å². The van der Waals surface area contributed by atoms with Crippen LogP contribution >= 0.6 is 0 Å². The van der Waals surface area contributed by atoms with E-state index < -0.39 is 0 Å². The highest BCUT2D eigenvalue weighted by atomic mass is 16.5. The number of nitrogens with zero attached hydrogens (tertiary/aromatic N) is 3. The number of rotatable bonds is 0. The fourth-order valence-corrected chi connectivity index (χ4v) is 1.06. The summed E-state index contributed by atoms with van der Waals surface area (Å²) in [6, 6.07) is 7.47. The molecule has 1 aliphatic rings. The number of para-hydroxylation sites is 1. The lowest BCUT2D eigenvalue weighted by Crippen LogP contribution is -2.13. The van der Waals surface area contributed by atoms with Gasteiger partial charge in [-0.15, -0.1) is 5.17 Å². The Bertz CT molecular complexity index is 300. The molecular weight excluding hydrogens is 158 g/mol. The molecule has 64 valence electrons. The molecule has 0 radical (unpaired) electrons. The minimum Gasteiger partial charge on any atom is -0.412 e.